The third-order valence-electron chi connectivity index (χ3n) is 6.36. The van der Waals surface area contributed by atoms with Crippen LogP contribution in [-0.2, 0) is 5.41 Å². The largest absolute Gasteiger partial charge is 0.336 e. The van der Waals surface area contributed by atoms with Gasteiger partial charge >= 0.3 is 0 Å². The number of rotatable bonds is 3. The Labute approximate surface area is 204 Å². The van der Waals surface area contributed by atoms with Gasteiger partial charge in [-0.2, -0.15) is 14.8 Å². The molecule has 1 fully saturated rings. The molecule has 2 aromatic carbocycles. The van der Waals surface area contributed by atoms with Crippen molar-refractivity contribution in [1.82, 2.24) is 24.5 Å². The van der Waals surface area contributed by atoms with E-state index in [0.29, 0.717) is 49.0 Å². The molecule has 0 saturated carbocycles. The molecule has 35 heavy (non-hydrogen) atoms. The highest BCUT2D eigenvalue weighted by atomic mass is 16.2. The second kappa shape index (κ2) is 8.84. The molecule has 1 saturated heterocycles. The second-order valence-electron chi connectivity index (χ2n) is 9.75. The minimum atomic E-state index is -0.0626. The quantitative estimate of drug-likeness (QED) is 0.455. The van der Waals surface area contributed by atoms with E-state index < -0.39 is 0 Å². The average molecular weight is 466 g/mol. The normalized spacial score (nSPS) is 14.2. The molecule has 0 bridgehead atoms. The predicted octanol–water partition coefficient (Wildman–Crippen LogP) is 3.92. The van der Waals surface area contributed by atoms with Gasteiger partial charge in [0.1, 0.15) is 0 Å². The Bertz CT molecular complexity index is 1420. The van der Waals surface area contributed by atoms with E-state index in [1.807, 2.05) is 11.0 Å². The van der Waals surface area contributed by atoms with Gasteiger partial charge in [-0.05, 0) is 35.2 Å². The molecule has 0 atom stereocenters. The number of nitrogens with zero attached hydrogens (tertiary/aromatic N) is 7. The minimum Gasteiger partial charge on any atom is -0.336 e. The zero-order valence-corrected chi connectivity index (χ0v) is 20.1. The Hall–Kier alpha value is -4.25. The van der Waals surface area contributed by atoms with E-state index in [1.165, 1.54) is 5.56 Å². The molecule has 3 heterocycles. The molecular weight excluding hydrogens is 438 g/mol. The van der Waals surface area contributed by atoms with Crippen molar-refractivity contribution in [2.24, 2.45) is 0 Å². The number of carbonyl (C=O) groups is 1. The van der Waals surface area contributed by atoms with Crippen LogP contribution < -0.4 is 4.90 Å². The summed E-state index contributed by atoms with van der Waals surface area (Å²) in [4.78, 5) is 25.8. The van der Waals surface area contributed by atoms with Gasteiger partial charge < -0.3 is 9.80 Å². The Balaban J connectivity index is 1.34. The molecule has 176 valence electrons. The van der Waals surface area contributed by atoms with Crippen molar-refractivity contribution < 1.29 is 4.79 Å². The number of benzene rings is 2. The van der Waals surface area contributed by atoms with Crippen LogP contribution in [0.1, 0.15) is 42.3 Å². The lowest BCUT2D eigenvalue weighted by atomic mass is 9.86. The first-order chi connectivity index (χ1) is 16.8. The lowest BCUT2D eigenvalue weighted by Crippen LogP contribution is -2.49. The molecule has 0 radical (unpaired) electrons. The number of piperazine rings is 1. The topological polar surface area (TPSA) is 90.4 Å². The number of fused-ring (bicyclic) bond motifs is 1. The summed E-state index contributed by atoms with van der Waals surface area (Å²) in [6.45, 7) is 8.96. The summed E-state index contributed by atoms with van der Waals surface area (Å²) < 4.78 is 1.78. The maximum absolute atomic E-state index is 12.9. The molecular formula is C27H27N7O. The van der Waals surface area contributed by atoms with Gasteiger partial charge in [0.15, 0.2) is 0 Å². The molecule has 2 aromatic heterocycles. The molecule has 1 amide bonds. The Morgan fingerprint density at radius 2 is 1.74 bits per heavy atom. The van der Waals surface area contributed by atoms with Crippen LogP contribution in [0.4, 0.5) is 5.95 Å². The Kier molecular flexibility index (Phi) is 5.69. The van der Waals surface area contributed by atoms with Gasteiger partial charge in [-0.15, -0.1) is 5.10 Å². The molecule has 0 spiro atoms. The third-order valence-corrected chi connectivity index (χ3v) is 6.36. The average Bonchev–Trinajstić information content (AvgIpc) is 3.32. The summed E-state index contributed by atoms with van der Waals surface area (Å²) in [6.07, 6.45) is 1.76. The Morgan fingerprint density at radius 3 is 2.43 bits per heavy atom. The van der Waals surface area contributed by atoms with Gasteiger partial charge in [-0.25, -0.2) is 4.98 Å². The van der Waals surface area contributed by atoms with Gasteiger partial charge in [0, 0.05) is 43.5 Å². The van der Waals surface area contributed by atoms with E-state index in [4.69, 9.17) is 10.4 Å². The van der Waals surface area contributed by atoms with Crippen molar-refractivity contribution >= 4 is 17.6 Å². The highest BCUT2D eigenvalue weighted by molar-refractivity contribution is 5.94. The number of hydrogen-bond acceptors (Lipinski definition) is 6. The fraction of sp³-hybridized carbons (Fsp3) is 0.296. The van der Waals surface area contributed by atoms with Gasteiger partial charge in [0.2, 0.25) is 5.95 Å². The van der Waals surface area contributed by atoms with Crippen LogP contribution in [0.2, 0.25) is 0 Å². The van der Waals surface area contributed by atoms with E-state index in [9.17, 15) is 4.79 Å². The summed E-state index contributed by atoms with van der Waals surface area (Å²) >= 11 is 0. The van der Waals surface area contributed by atoms with Crippen molar-refractivity contribution in [2.45, 2.75) is 26.2 Å². The van der Waals surface area contributed by atoms with Gasteiger partial charge in [0.25, 0.3) is 11.7 Å². The smallest absolute Gasteiger partial charge is 0.254 e. The number of aromatic nitrogens is 4. The van der Waals surface area contributed by atoms with Crippen molar-refractivity contribution in [3.63, 3.8) is 0 Å². The summed E-state index contributed by atoms with van der Waals surface area (Å²) in [7, 11) is 0. The lowest BCUT2D eigenvalue weighted by molar-refractivity contribution is 0.0746. The zero-order chi connectivity index (χ0) is 24.6. The maximum Gasteiger partial charge on any atom is 0.254 e. The molecule has 5 rings (SSSR count). The van der Waals surface area contributed by atoms with E-state index >= 15 is 0 Å². The number of anilines is 1. The molecule has 0 aliphatic carbocycles. The second-order valence-corrected chi connectivity index (χ2v) is 9.75. The first-order valence-corrected chi connectivity index (χ1v) is 11.7. The van der Waals surface area contributed by atoms with Crippen molar-refractivity contribution in [2.75, 3.05) is 31.1 Å². The molecule has 0 N–H and O–H groups in total. The third kappa shape index (κ3) is 4.45. The number of hydrogen-bond donors (Lipinski definition) is 0. The molecule has 1 aliphatic heterocycles. The van der Waals surface area contributed by atoms with Crippen molar-refractivity contribution in [3.05, 3.63) is 77.5 Å². The van der Waals surface area contributed by atoms with Crippen molar-refractivity contribution in [3.8, 4) is 17.3 Å². The number of nitriles is 1. The van der Waals surface area contributed by atoms with Gasteiger partial charge in [-0.3, -0.25) is 4.79 Å². The highest BCUT2D eigenvalue weighted by Crippen LogP contribution is 2.26. The van der Waals surface area contributed by atoms with Crippen LogP contribution in [0.3, 0.4) is 0 Å². The summed E-state index contributed by atoms with van der Waals surface area (Å²) in [5.41, 5.74) is 4.37. The Morgan fingerprint density at radius 1 is 1.00 bits per heavy atom. The standard InChI is InChI=1S/C27H27N7O/c1-27(2,3)22-9-7-20(8-10-22)23-11-12-29-25-30-26(31-34(23)25)33-15-13-32(14-16-33)24(35)21-6-4-5-19(17-21)18-28/h4-12,17H,13-16H2,1-3H3. The number of carbonyl (C=O) groups excluding carboxylic acids is 1. The summed E-state index contributed by atoms with van der Waals surface area (Å²) in [5.74, 6) is 1.09. The molecule has 0 unspecified atom stereocenters. The van der Waals surface area contributed by atoms with E-state index in [0.717, 1.165) is 11.3 Å². The maximum atomic E-state index is 12.9. The van der Waals surface area contributed by atoms with E-state index in [1.54, 1.807) is 35.0 Å². The zero-order valence-electron chi connectivity index (χ0n) is 20.1. The monoisotopic (exact) mass is 465 g/mol. The first kappa shape index (κ1) is 22.5. The van der Waals surface area contributed by atoms with Crippen molar-refractivity contribution in [1.29, 1.82) is 5.26 Å². The summed E-state index contributed by atoms with van der Waals surface area (Å²) in [5, 5.41) is 13.9. The minimum absolute atomic E-state index is 0.0626. The molecule has 8 nitrogen and oxygen atoms in total. The van der Waals surface area contributed by atoms with E-state index in [2.05, 4.69) is 66.0 Å². The molecule has 8 heteroatoms. The van der Waals surface area contributed by atoms with Crippen LogP contribution in [0.25, 0.3) is 17.0 Å². The molecule has 4 aromatic rings. The van der Waals surface area contributed by atoms with Crippen LogP contribution >= 0.6 is 0 Å². The fourth-order valence-electron chi connectivity index (χ4n) is 4.29. The summed E-state index contributed by atoms with van der Waals surface area (Å²) in [6, 6.07) is 19.4. The lowest BCUT2D eigenvalue weighted by Gasteiger charge is -2.34. The van der Waals surface area contributed by atoms with Gasteiger partial charge in [-0.1, -0.05) is 51.1 Å². The SMILES string of the molecule is CC(C)(C)c1ccc(-c2ccnc3nc(N4CCN(C(=O)c5cccc(C#N)c5)CC4)nn23)cc1. The number of amides is 1. The highest BCUT2D eigenvalue weighted by Gasteiger charge is 2.25. The van der Waals surface area contributed by atoms with Gasteiger partial charge in [0.05, 0.1) is 17.3 Å². The van der Waals surface area contributed by atoms with Crippen LogP contribution in [0.15, 0.2) is 60.8 Å². The molecule has 1 aliphatic rings. The predicted molar refractivity (Wildman–Crippen MR) is 134 cm³/mol. The van der Waals surface area contributed by atoms with Crippen LogP contribution in [0, 0.1) is 11.3 Å². The fourth-order valence-corrected chi connectivity index (χ4v) is 4.29. The first-order valence-electron chi connectivity index (χ1n) is 11.7. The van der Waals surface area contributed by atoms with Crippen LogP contribution in [0.5, 0.6) is 0 Å². The van der Waals surface area contributed by atoms with E-state index in [-0.39, 0.29) is 11.3 Å². The van der Waals surface area contributed by atoms with Crippen LogP contribution in [-0.4, -0.2) is 56.6 Å².